The number of aliphatic hydroxyl groups is 1. The lowest BCUT2D eigenvalue weighted by atomic mass is 9.91. The first-order chi connectivity index (χ1) is 21.8. The van der Waals surface area contributed by atoms with Gasteiger partial charge in [-0.3, -0.25) is 4.79 Å². The second-order valence-electron chi connectivity index (χ2n) is 11.8. The smallest absolute Gasteiger partial charge is 0.303 e. The Kier molecular flexibility index (Phi) is 11.7. The summed E-state index contributed by atoms with van der Waals surface area (Å²) in [6, 6.07) is 29.7. The minimum atomic E-state index is -1.41. The Morgan fingerprint density at radius 2 is 1.04 bits per heavy atom. The van der Waals surface area contributed by atoms with Crippen molar-refractivity contribution < 1.29 is 43.1 Å². The molecule has 242 valence electrons. The minimum Gasteiger partial charge on any atom is -0.454 e. The van der Waals surface area contributed by atoms with Gasteiger partial charge in [0.1, 0.15) is 18.3 Å². The predicted molar refractivity (Wildman–Crippen MR) is 166 cm³/mol. The lowest BCUT2D eigenvalue weighted by Gasteiger charge is -2.48. The van der Waals surface area contributed by atoms with Crippen LogP contribution in [-0.2, 0) is 57.8 Å². The van der Waals surface area contributed by atoms with Crippen LogP contribution < -0.4 is 0 Å². The second-order valence-corrected chi connectivity index (χ2v) is 11.8. The number of benzene rings is 3. The molecule has 3 aromatic rings. The molecule has 0 aromatic heterocycles. The van der Waals surface area contributed by atoms with Crippen LogP contribution in [0.2, 0.25) is 0 Å². The summed E-state index contributed by atoms with van der Waals surface area (Å²) in [5.41, 5.74) is 3.04. The average Bonchev–Trinajstić information content (AvgIpc) is 3.04. The Balaban J connectivity index is 1.38. The Bertz CT molecular complexity index is 1310. The highest BCUT2D eigenvalue weighted by Gasteiger charge is 2.51. The van der Waals surface area contributed by atoms with Gasteiger partial charge in [0.25, 0.3) is 0 Å². The maximum absolute atomic E-state index is 12.1. The van der Waals surface area contributed by atoms with E-state index >= 15 is 0 Å². The van der Waals surface area contributed by atoms with Crippen LogP contribution in [0.25, 0.3) is 0 Å². The third kappa shape index (κ3) is 8.77. The van der Waals surface area contributed by atoms with Crippen LogP contribution in [-0.4, -0.2) is 66.4 Å². The first-order valence-electron chi connectivity index (χ1n) is 15.6. The molecule has 2 aliphatic heterocycles. The molecule has 0 bridgehead atoms. The zero-order valence-corrected chi connectivity index (χ0v) is 26.3. The van der Waals surface area contributed by atoms with E-state index < -0.39 is 61.3 Å². The molecule has 5 rings (SSSR count). The van der Waals surface area contributed by atoms with Crippen molar-refractivity contribution in [1.29, 1.82) is 0 Å². The van der Waals surface area contributed by atoms with Crippen molar-refractivity contribution >= 4 is 5.97 Å². The molecule has 2 aliphatic rings. The third-order valence-electron chi connectivity index (χ3n) is 8.28. The van der Waals surface area contributed by atoms with E-state index in [1.807, 2.05) is 105 Å². The molecule has 9 nitrogen and oxygen atoms in total. The number of aliphatic hydroxyl groups excluding tert-OH is 1. The topological polar surface area (TPSA) is 102 Å². The maximum Gasteiger partial charge on any atom is 0.303 e. The van der Waals surface area contributed by atoms with Crippen LogP contribution in [0.5, 0.6) is 0 Å². The lowest BCUT2D eigenvalue weighted by molar-refractivity contribution is -0.351. The van der Waals surface area contributed by atoms with E-state index in [2.05, 4.69) is 0 Å². The lowest BCUT2D eigenvalue weighted by Crippen LogP contribution is -2.63. The highest BCUT2D eigenvalue weighted by atomic mass is 16.7. The Labute approximate surface area is 265 Å². The van der Waals surface area contributed by atoms with Crippen LogP contribution in [0.1, 0.15) is 44.4 Å². The molecule has 0 saturated carbocycles. The average molecular weight is 621 g/mol. The highest BCUT2D eigenvalue weighted by molar-refractivity contribution is 5.66. The number of hydrogen-bond acceptors (Lipinski definition) is 9. The summed E-state index contributed by atoms with van der Waals surface area (Å²) < 4.78 is 43.8. The van der Waals surface area contributed by atoms with E-state index in [4.69, 9.17) is 33.2 Å². The Morgan fingerprint density at radius 1 is 0.622 bits per heavy atom. The van der Waals surface area contributed by atoms with E-state index in [0.29, 0.717) is 13.2 Å². The van der Waals surface area contributed by atoms with E-state index in [0.717, 1.165) is 16.7 Å². The summed E-state index contributed by atoms with van der Waals surface area (Å²) in [4.78, 5) is 12.1. The fraction of sp³-hybridized carbons (Fsp3) is 0.472. The molecule has 3 aromatic carbocycles. The number of esters is 1. The fourth-order valence-electron chi connectivity index (χ4n) is 5.92. The number of carbonyl (C=O) groups excluding carboxylic acids is 1. The van der Waals surface area contributed by atoms with Crippen molar-refractivity contribution in [3.05, 3.63) is 108 Å². The van der Waals surface area contributed by atoms with Gasteiger partial charge < -0.3 is 38.3 Å². The van der Waals surface area contributed by atoms with Crippen molar-refractivity contribution in [2.45, 2.75) is 103 Å². The van der Waals surface area contributed by atoms with Gasteiger partial charge in [-0.25, -0.2) is 0 Å². The first kappa shape index (κ1) is 33.2. The molecule has 2 fully saturated rings. The summed E-state index contributed by atoms with van der Waals surface area (Å²) in [5.74, 6) is -0.884. The first-order valence-corrected chi connectivity index (χ1v) is 15.6. The molecule has 0 spiro atoms. The molecule has 5 unspecified atom stereocenters. The van der Waals surface area contributed by atoms with Crippen LogP contribution in [0.15, 0.2) is 91.0 Å². The van der Waals surface area contributed by atoms with Crippen LogP contribution in [0, 0.1) is 5.92 Å². The third-order valence-corrected chi connectivity index (χ3v) is 8.28. The summed E-state index contributed by atoms with van der Waals surface area (Å²) in [7, 11) is 0. The van der Waals surface area contributed by atoms with Crippen LogP contribution in [0.3, 0.4) is 0 Å². The predicted octanol–water partition coefficient (Wildman–Crippen LogP) is 5.18. The molecule has 45 heavy (non-hydrogen) atoms. The van der Waals surface area contributed by atoms with Gasteiger partial charge in [0.05, 0.1) is 38.1 Å². The van der Waals surface area contributed by atoms with Crippen LogP contribution >= 0.6 is 0 Å². The Hall–Kier alpha value is -3.15. The second kappa shape index (κ2) is 15.9. The zero-order valence-electron chi connectivity index (χ0n) is 26.3. The summed E-state index contributed by atoms with van der Waals surface area (Å²) in [6.45, 7) is 8.06. The van der Waals surface area contributed by atoms with Gasteiger partial charge in [0.2, 0.25) is 0 Å². The van der Waals surface area contributed by atoms with E-state index in [-0.39, 0.29) is 12.5 Å². The molecule has 2 saturated heterocycles. The van der Waals surface area contributed by atoms with Gasteiger partial charge in [0, 0.05) is 12.8 Å². The standard InChI is InChI=1S/C36H44O9/c1-23-30(39-20-27-14-8-5-9-15-27)31(40-21-28-16-10-6-11-17-28)25(3)43-36(23)45-33-32(41-22-29-18-12-7-13-19-29)24(2)42-35(38)34(33)44-26(4)37/h5-19,23-25,30-36,38H,20-22H2,1-4H3/t23?,24?,25?,30-,31-,32-,33+,34?,35?,36-/m0/s1. The van der Waals surface area contributed by atoms with E-state index in [1.54, 1.807) is 6.92 Å². The highest BCUT2D eigenvalue weighted by Crippen LogP contribution is 2.36. The maximum atomic E-state index is 12.1. The van der Waals surface area contributed by atoms with Gasteiger partial charge in [-0.05, 0) is 30.5 Å². The summed E-state index contributed by atoms with van der Waals surface area (Å²) in [5, 5.41) is 10.9. The molecule has 10 atom stereocenters. The van der Waals surface area contributed by atoms with Gasteiger partial charge >= 0.3 is 5.97 Å². The number of rotatable bonds is 12. The van der Waals surface area contributed by atoms with Crippen molar-refractivity contribution in [2.75, 3.05) is 0 Å². The molecule has 0 aliphatic carbocycles. The number of hydrogen-bond donors (Lipinski definition) is 1. The van der Waals surface area contributed by atoms with E-state index in [9.17, 15) is 9.90 Å². The molecule has 0 radical (unpaired) electrons. The molecule has 0 amide bonds. The molecular formula is C36H44O9. The zero-order chi connectivity index (χ0) is 31.8. The van der Waals surface area contributed by atoms with E-state index in [1.165, 1.54) is 6.92 Å². The van der Waals surface area contributed by atoms with Crippen molar-refractivity contribution in [1.82, 2.24) is 0 Å². The Morgan fingerprint density at radius 3 is 1.51 bits per heavy atom. The van der Waals surface area contributed by atoms with Crippen LogP contribution in [0.4, 0.5) is 0 Å². The van der Waals surface area contributed by atoms with Gasteiger partial charge in [-0.15, -0.1) is 0 Å². The van der Waals surface area contributed by atoms with Crippen molar-refractivity contribution in [3.8, 4) is 0 Å². The van der Waals surface area contributed by atoms with Crippen molar-refractivity contribution in [3.63, 3.8) is 0 Å². The normalized spacial score (nSPS) is 31.8. The molecule has 1 N–H and O–H groups in total. The van der Waals surface area contributed by atoms with Gasteiger partial charge in [-0.1, -0.05) is 97.9 Å². The van der Waals surface area contributed by atoms with Crippen molar-refractivity contribution in [2.24, 2.45) is 5.92 Å². The van der Waals surface area contributed by atoms with Gasteiger partial charge in [0.15, 0.2) is 18.7 Å². The molecule has 2 heterocycles. The molecular weight excluding hydrogens is 576 g/mol. The fourth-order valence-corrected chi connectivity index (χ4v) is 5.92. The molecule has 9 heteroatoms. The summed E-state index contributed by atoms with van der Waals surface area (Å²) >= 11 is 0. The monoisotopic (exact) mass is 620 g/mol. The minimum absolute atomic E-state index is 0.275. The SMILES string of the molecule is CC(=O)OC1C(O)OC(C)[C@H](OCc2ccccc2)[C@H]1O[C@@H]1OC(C)[C@H](OCc2ccccc2)[C@@H](OCc2ccccc2)C1C. The number of carbonyl (C=O) groups is 1. The summed E-state index contributed by atoms with van der Waals surface area (Å²) in [6.07, 6.45) is -6.68. The largest absolute Gasteiger partial charge is 0.454 e. The quantitative estimate of drug-likeness (QED) is 0.275. The van der Waals surface area contributed by atoms with Gasteiger partial charge in [-0.2, -0.15) is 0 Å². The number of ether oxygens (including phenoxy) is 7.